The number of halogens is 3. The molecule has 9 heteroatoms. The van der Waals surface area contributed by atoms with E-state index in [2.05, 4.69) is 15.6 Å². The van der Waals surface area contributed by atoms with Gasteiger partial charge in [-0.25, -0.2) is 0 Å². The number of nitrogens with one attached hydrogen (secondary N) is 2. The lowest BCUT2D eigenvalue weighted by molar-refractivity contribution is -0.137. The van der Waals surface area contributed by atoms with Gasteiger partial charge in [0.05, 0.1) is 11.3 Å². The lowest BCUT2D eigenvalue weighted by atomic mass is 10.1. The first-order valence-corrected chi connectivity index (χ1v) is 9.22. The Balaban J connectivity index is 1.90. The Kier molecular flexibility index (Phi) is 5.99. The molecule has 6 nitrogen and oxygen atoms in total. The van der Waals surface area contributed by atoms with Crippen molar-refractivity contribution in [2.24, 2.45) is 5.84 Å². The minimum absolute atomic E-state index is 0.0448. The molecule has 2 aromatic carbocycles. The zero-order chi connectivity index (χ0) is 21.2. The van der Waals surface area contributed by atoms with E-state index in [1.54, 1.807) is 18.2 Å². The molecule has 0 aliphatic carbocycles. The van der Waals surface area contributed by atoms with Crippen molar-refractivity contribution in [3.05, 3.63) is 53.1 Å². The maximum Gasteiger partial charge on any atom is 0.416 e. The first-order valence-electron chi connectivity index (χ1n) is 9.22. The van der Waals surface area contributed by atoms with E-state index in [9.17, 15) is 18.0 Å². The molecule has 1 fully saturated rings. The average molecular weight is 407 g/mol. The van der Waals surface area contributed by atoms with Gasteiger partial charge < -0.3 is 20.5 Å². The maximum absolute atomic E-state index is 13.4. The van der Waals surface area contributed by atoms with Gasteiger partial charge in [0.25, 0.3) is 5.91 Å². The van der Waals surface area contributed by atoms with Crippen LogP contribution in [0.5, 0.6) is 0 Å². The zero-order valence-electron chi connectivity index (χ0n) is 16.3. The van der Waals surface area contributed by atoms with Crippen LogP contribution in [0.4, 0.5) is 30.2 Å². The van der Waals surface area contributed by atoms with Gasteiger partial charge in [-0.15, -0.1) is 0 Å². The fourth-order valence-electron chi connectivity index (χ4n) is 3.21. The summed E-state index contributed by atoms with van der Waals surface area (Å²) >= 11 is 0. The van der Waals surface area contributed by atoms with Crippen LogP contribution in [0, 0.1) is 6.92 Å². The van der Waals surface area contributed by atoms with Crippen LogP contribution in [-0.4, -0.2) is 44.0 Å². The van der Waals surface area contributed by atoms with Crippen LogP contribution >= 0.6 is 0 Å². The van der Waals surface area contributed by atoms with E-state index in [1.807, 2.05) is 18.9 Å². The highest BCUT2D eigenvalue weighted by Crippen LogP contribution is 2.33. The number of nitrogen functional groups attached to an aromatic ring is 1. The third kappa shape index (κ3) is 4.99. The SMILES string of the molecule is Cc1ccc(NC(=O)c2cc(N3CCN(C)CC3)cc(C(F)(F)F)c2)cc1NN. The van der Waals surface area contributed by atoms with Gasteiger partial charge in [0.2, 0.25) is 0 Å². The molecule has 1 amide bonds. The molecule has 4 N–H and O–H groups in total. The molecular weight excluding hydrogens is 383 g/mol. The van der Waals surface area contributed by atoms with Crippen molar-refractivity contribution in [2.75, 3.05) is 48.9 Å². The minimum Gasteiger partial charge on any atom is -0.369 e. The second kappa shape index (κ2) is 8.30. The number of aryl methyl sites for hydroxylation is 1. The van der Waals surface area contributed by atoms with Crippen LogP contribution in [0.1, 0.15) is 21.5 Å². The summed E-state index contributed by atoms with van der Waals surface area (Å²) in [6, 6.07) is 8.54. The van der Waals surface area contributed by atoms with E-state index < -0.39 is 17.6 Å². The van der Waals surface area contributed by atoms with Crippen LogP contribution in [0.25, 0.3) is 0 Å². The van der Waals surface area contributed by atoms with Gasteiger partial charge in [-0.3, -0.25) is 10.6 Å². The molecular formula is C20H24F3N5O. The molecule has 0 bridgehead atoms. The van der Waals surface area contributed by atoms with E-state index in [0.29, 0.717) is 30.2 Å². The minimum atomic E-state index is -4.54. The van der Waals surface area contributed by atoms with E-state index >= 15 is 0 Å². The van der Waals surface area contributed by atoms with Crippen LogP contribution in [0.3, 0.4) is 0 Å². The molecule has 0 radical (unpaired) electrons. The Morgan fingerprint density at radius 2 is 1.76 bits per heavy atom. The number of alkyl halides is 3. The highest BCUT2D eigenvalue weighted by atomic mass is 19.4. The number of carbonyl (C=O) groups excluding carboxylic acids is 1. The van der Waals surface area contributed by atoms with Gasteiger partial charge in [-0.1, -0.05) is 6.07 Å². The zero-order valence-corrected chi connectivity index (χ0v) is 16.3. The van der Waals surface area contributed by atoms with E-state index in [0.717, 1.165) is 30.8 Å². The Morgan fingerprint density at radius 3 is 2.38 bits per heavy atom. The molecule has 156 valence electrons. The highest BCUT2D eigenvalue weighted by molar-refractivity contribution is 6.05. The summed E-state index contributed by atoms with van der Waals surface area (Å²) in [5.74, 6) is 4.83. The number of nitrogens with zero attached hydrogens (tertiary/aromatic N) is 2. The van der Waals surface area contributed by atoms with Gasteiger partial charge >= 0.3 is 6.18 Å². The number of hydrazine groups is 1. The number of benzene rings is 2. The highest BCUT2D eigenvalue weighted by Gasteiger charge is 2.32. The van der Waals surface area contributed by atoms with Gasteiger partial charge in [-0.05, 0) is 49.9 Å². The third-order valence-corrected chi connectivity index (χ3v) is 5.03. The number of hydrogen-bond acceptors (Lipinski definition) is 5. The fourth-order valence-corrected chi connectivity index (χ4v) is 3.21. The molecule has 1 aliphatic heterocycles. The van der Waals surface area contributed by atoms with E-state index in [4.69, 9.17) is 5.84 Å². The predicted molar refractivity (Wildman–Crippen MR) is 108 cm³/mol. The van der Waals surface area contributed by atoms with Gasteiger partial charge in [0, 0.05) is 43.1 Å². The summed E-state index contributed by atoms with van der Waals surface area (Å²) in [7, 11) is 1.97. The van der Waals surface area contributed by atoms with Crippen molar-refractivity contribution >= 4 is 23.0 Å². The monoisotopic (exact) mass is 407 g/mol. The first kappa shape index (κ1) is 20.9. The van der Waals surface area contributed by atoms with Crippen molar-refractivity contribution in [1.29, 1.82) is 0 Å². The van der Waals surface area contributed by atoms with Gasteiger partial charge in [0.1, 0.15) is 0 Å². The number of carbonyl (C=O) groups is 1. The number of hydrogen-bond donors (Lipinski definition) is 3. The number of amides is 1. The number of likely N-dealkylation sites (N-methyl/N-ethyl adjacent to an activating group) is 1. The molecule has 0 atom stereocenters. The summed E-state index contributed by atoms with van der Waals surface area (Å²) in [5.41, 5.74) is 3.96. The quantitative estimate of drug-likeness (QED) is 0.536. The van der Waals surface area contributed by atoms with Crippen LogP contribution in [-0.2, 0) is 6.18 Å². The number of piperazine rings is 1. The van der Waals surface area contributed by atoms with E-state index in [-0.39, 0.29) is 5.56 Å². The summed E-state index contributed by atoms with van der Waals surface area (Å²) in [6.45, 7) is 4.53. The van der Waals surface area contributed by atoms with Gasteiger partial charge in [-0.2, -0.15) is 13.2 Å². The van der Waals surface area contributed by atoms with Crippen LogP contribution in [0.2, 0.25) is 0 Å². The van der Waals surface area contributed by atoms with Crippen molar-refractivity contribution in [2.45, 2.75) is 13.1 Å². The van der Waals surface area contributed by atoms with Gasteiger partial charge in [0.15, 0.2) is 0 Å². The molecule has 3 rings (SSSR count). The number of anilines is 3. The second-order valence-electron chi connectivity index (χ2n) is 7.18. The largest absolute Gasteiger partial charge is 0.416 e. The van der Waals surface area contributed by atoms with Crippen molar-refractivity contribution in [3.8, 4) is 0 Å². The normalized spacial score (nSPS) is 15.3. The molecule has 0 spiro atoms. The Bertz CT molecular complexity index is 892. The van der Waals surface area contributed by atoms with Crippen molar-refractivity contribution in [1.82, 2.24) is 4.90 Å². The summed E-state index contributed by atoms with van der Waals surface area (Å²) in [6.07, 6.45) is -4.54. The summed E-state index contributed by atoms with van der Waals surface area (Å²) in [4.78, 5) is 16.7. The predicted octanol–water partition coefficient (Wildman–Crippen LogP) is 3.30. The summed E-state index contributed by atoms with van der Waals surface area (Å²) in [5, 5.41) is 2.65. The van der Waals surface area contributed by atoms with Crippen molar-refractivity contribution in [3.63, 3.8) is 0 Å². The Hall–Kier alpha value is -2.78. The molecule has 0 saturated carbocycles. The lowest BCUT2D eigenvalue weighted by Crippen LogP contribution is -2.44. The van der Waals surface area contributed by atoms with Crippen LogP contribution < -0.4 is 21.5 Å². The molecule has 2 aromatic rings. The second-order valence-corrected chi connectivity index (χ2v) is 7.18. The smallest absolute Gasteiger partial charge is 0.369 e. The first-order chi connectivity index (χ1) is 13.7. The molecule has 1 aliphatic rings. The van der Waals surface area contributed by atoms with E-state index in [1.165, 1.54) is 6.07 Å². The molecule has 1 saturated heterocycles. The van der Waals surface area contributed by atoms with Crippen molar-refractivity contribution < 1.29 is 18.0 Å². The number of nitrogens with two attached hydrogens (primary N) is 1. The van der Waals surface area contributed by atoms with Crippen LogP contribution in [0.15, 0.2) is 36.4 Å². The summed E-state index contributed by atoms with van der Waals surface area (Å²) < 4.78 is 40.3. The Morgan fingerprint density at radius 1 is 1.07 bits per heavy atom. The standard InChI is InChI=1S/C20H24F3N5O/c1-13-3-4-16(12-18(13)26-24)25-19(29)14-9-15(20(21,22)23)11-17(10-14)28-7-5-27(2)6-8-28/h3-4,9-12,26H,5-8,24H2,1-2H3,(H,25,29). The maximum atomic E-state index is 13.4. The molecule has 0 aromatic heterocycles. The molecule has 1 heterocycles. The lowest BCUT2D eigenvalue weighted by Gasteiger charge is -2.34. The molecule has 0 unspecified atom stereocenters. The Labute approximate surface area is 167 Å². The fraction of sp³-hybridized carbons (Fsp3) is 0.350. The number of rotatable bonds is 4. The average Bonchev–Trinajstić information content (AvgIpc) is 2.69. The molecule has 29 heavy (non-hydrogen) atoms. The third-order valence-electron chi connectivity index (χ3n) is 5.03. The topological polar surface area (TPSA) is 73.6 Å².